The Morgan fingerprint density at radius 2 is 2.04 bits per heavy atom. The van der Waals surface area contributed by atoms with Crippen LogP contribution in [0.15, 0.2) is 29.2 Å². The SMILES string of the molecule is COC[C@@](C)(C#N)NC(=O)c1cccc(S(=O)(=O)N(C)C2CCCCC2)c1. The lowest BCUT2D eigenvalue weighted by molar-refractivity contribution is 0.0860. The Kier molecular flexibility index (Phi) is 6.98. The Hall–Kier alpha value is -1.95. The van der Waals surface area contributed by atoms with E-state index in [2.05, 4.69) is 5.32 Å². The maximum absolute atomic E-state index is 13.0. The molecular formula is C19H27N3O4S. The number of nitrogens with zero attached hydrogens (tertiary/aromatic N) is 2. The fraction of sp³-hybridized carbons (Fsp3) is 0.579. The van der Waals surface area contributed by atoms with Crippen LogP contribution in [0.2, 0.25) is 0 Å². The van der Waals surface area contributed by atoms with Crippen LogP contribution in [0.5, 0.6) is 0 Å². The third-order valence-electron chi connectivity index (χ3n) is 4.93. The molecule has 0 spiro atoms. The Labute approximate surface area is 161 Å². The third kappa shape index (κ3) is 5.06. The summed E-state index contributed by atoms with van der Waals surface area (Å²) in [4.78, 5) is 12.6. The molecule has 1 saturated carbocycles. The summed E-state index contributed by atoms with van der Waals surface area (Å²) in [6.07, 6.45) is 4.90. The van der Waals surface area contributed by atoms with Gasteiger partial charge in [0.25, 0.3) is 5.91 Å². The van der Waals surface area contributed by atoms with Crippen molar-refractivity contribution in [3.05, 3.63) is 29.8 Å². The van der Waals surface area contributed by atoms with Crippen molar-refractivity contribution >= 4 is 15.9 Å². The van der Waals surface area contributed by atoms with Crippen LogP contribution in [-0.2, 0) is 14.8 Å². The monoisotopic (exact) mass is 393 g/mol. The zero-order valence-electron chi connectivity index (χ0n) is 16.1. The Morgan fingerprint density at radius 1 is 1.37 bits per heavy atom. The van der Waals surface area contributed by atoms with Crippen LogP contribution in [0.1, 0.15) is 49.4 Å². The fourth-order valence-electron chi connectivity index (χ4n) is 3.31. The molecule has 1 atom stereocenters. The first-order valence-electron chi connectivity index (χ1n) is 9.04. The van der Waals surface area contributed by atoms with Gasteiger partial charge in [0.15, 0.2) is 0 Å². The highest BCUT2D eigenvalue weighted by Crippen LogP contribution is 2.26. The molecule has 0 aliphatic heterocycles. The normalized spacial score (nSPS) is 17.9. The maximum Gasteiger partial charge on any atom is 0.252 e. The molecule has 8 heteroatoms. The lowest BCUT2D eigenvalue weighted by atomic mass is 9.96. The van der Waals surface area contributed by atoms with Gasteiger partial charge in [-0.3, -0.25) is 4.79 Å². The van der Waals surface area contributed by atoms with Gasteiger partial charge < -0.3 is 10.1 Å². The largest absolute Gasteiger partial charge is 0.381 e. The van der Waals surface area contributed by atoms with Crippen molar-refractivity contribution in [2.24, 2.45) is 0 Å². The van der Waals surface area contributed by atoms with Crippen molar-refractivity contribution in [2.45, 2.75) is 55.5 Å². The minimum Gasteiger partial charge on any atom is -0.381 e. The van der Waals surface area contributed by atoms with Gasteiger partial charge in [0.05, 0.1) is 17.6 Å². The van der Waals surface area contributed by atoms with E-state index in [-0.39, 0.29) is 23.1 Å². The number of nitrogens with one attached hydrogen (secondary N) is 1. The van der Waals surface area contributed by atoms with E-state index in [1.807, 2.05) is 6.07 Å². The first-order chi connectivity index (χ1) is 12.7. The molecule has 2 rings (SSSR count). The van der Waals surface area contributed by atoms with Gasteiger partial charge in [0.1, 0.15) is 5.54 Å². The standard InChI is InChI=1S/C19H27N3O4S/c1-19(13-20,14-26-3)21-18(23)15-8-7-11-17(12-15)27(24,25)22(2)16-9-5-4-6-10-16/h7-8,11-12,16H,4-6,9-10,14H2,1-3H3,(H,21,23)/t19-/m1/s1. The molecule has 1 aromatic carbocycles. The van der Waals surface area contributed by atoms with Crippen molar-refractivity contribution in [1.82, 2.24) is 9.62 Å². The average molecular weight is 394 g/mol. The quantitative estimate of drug-likeness (QED) is 0.766. The first kappa shape index (κ1) is 21.4. The van der Waals surface area contributed by atoms with Gasteiger partial charge in [-0.2, -0.15) is 9.57 Å². The van der Waals surface area contributed by atoms with Crippen LogP contribution in [0.25, 0.3) is 0 Å². The molecule has 1 N–H and O–H groups in total. The molecular weight excluding hydrogens is 366 g/mol. The molecule has 0 heterocycles. The summed E-state index contributed by atoms with van der Waals surface area (Å²) in [7, 11) is -0.649. The number of ether oxygens (including phenoxy) is 1. The Morgan fingerprint density at radius 3 is 2.63 bits per heavy atom. The van der Waals surface area contributed by atoms with Crippen LogP contribution in [0.3, 0.4) is 0 Å². The summed E-state index contributed by atoms with van der Waals surface area (Å²) in [6.45, 7) is 1.57. The van der Waals surface area contributed by atoms with E-state index in [1.165, 1.54) is 35.7 Å². The number of carbonyl (C=O) groups excluding carboxylic acids is 1. The molecule has 1 aliphatic carbocycles. The lowest BCUT2D eigenvalue weighted by Gasteiger charge is -2.30. The first-order valence-corrected chi connectivity index (χ1v) is 10.5. The molecule has 27 heavy (non-hydrogen) atoms. The molecule has 7 nitrogen and oxygen atoms in total. The molecule has 0 unspecified atom stereocenters. The number of nitriles is 1. The number of methoxy groups -OCH3 is 1. The number of amides is 1. The van der Waals surface area contributed by atoms with Crippen molar-refractivity contribution in [3.8, 4) is 6.07 Å². The average Bonchev–Trinajstić information content (AvgIpc) is 2.68. The summed E-state index contributed by atoms with van der Waals surface area (Å²) in [6, 6.07) is 7.90. The molecule has 1 aliphatic rings. The molecule has 0 bridgehead atoms. The van der Waals surface area contributed by atoms with Gasteiger partial charge in [-0.25, -0.2) is 8.42 Å². The Balaban J connectivity index is 2.23. The van der Waals surface area contributed by atoms with Crippen LogP contribution in [0.4, 0.5) is 0 Å². The van der Waals surface area contributed by atoms with Crippen molar-refractivity contribution in [3.63, 3.8) is 0 Å². The van der Waals surface area contributed by atoms with Crippen LogP contribution in [0, 0.1) is 11.3 Å². The second kappa shape index (κ2) is 8.83. The van der Waals surface area contributed by atoms with Crippen molar-refractivity contribution in [1.29, 1.82) is 5.26 Å². The summed E-state index contributed by atoms with van der Waals surface area (Å²) < 4.78 is 32.3. The molecule has 1 fully saturated rings. The maximum atomic E-state index is 13.0. The third-order valence-corrected chi connectivity index (χ3v) is 6.84. The van der Waals surface area contributed by atoms with Gasteiger partial charge in [0, 0.05) is 25.8 Å². The summed E-state index contributed by atoms with van der Waals surface area (Å²) in [5.41, 5.74) is -1.01. The number of sulfonamides is 1. The highest BCUT2D eigenvalue weighted by atomic mass is 32.2. The van der Waals surface area contributed by atoms with Gasteiger partial charge >= 0.3 is 0 Å². The van der Waals surface area contributed by atoms with Gasteiger partial charge in [0.2, 0.25) is 10.0 Å². The molecule has 1 amide bonds. The number of benzene rings is 1. The number of hydrogen-bond donors (Lipinski definition) is 1. The molecule has 0 radical (unpaired) electrons. The van der Waals surface area contributed by atoms with E-state index in [4.69, 9.17) is 4.74 Å². The van der Waals surface area contributed by atoms with Crippen LogP contribution in [-0.4, -0.2) is 51.0 Å². The summed E-state index contributed by atoms with van der Waals surface area (Å²) >= 11 is 0. The molecule has 0 saturated heterocycles. The molecule has 1 aromatic rings. The topological polar surface area (TPSA) is 99.5 Å². The van der Waals surface area contributed by atoms with Crippen LogP contribution >= 0.6 is 0 Å². The van der Waals surface area contributed by atoms with Crippen LogP contribution < -0.4 is 5.32 Å². The number of carbonyl (C=O) groups is 1. The van der Waals surface area contributed by atoms with E-state index in [9.17, 15) is 18.5 Å². The smallest absolute Gasteiger partial charge is 0.252 e. The summed E-state index contributed by atoms with van der Waals surface area (Å²) in [5, 5.41) is 11.9. The van der Waals surface area contributed by atoms with E-state index < -0.39 is 21.5 Å². The van der Waals surface area contributed by atoms with E-state index in [0.717, 1.165) is 32.1 Å². The zero-order valence-corrected chi connectivity index (χ0v) is 16.9. The fourth-order valence-corrected chi connectivity index (χ4v) is 4.77. The number of rotatable bonds is 7. The second-order valence-corrected chi connectivity index (χ2v) is 9.17. The highest BCUT2D eigenvalue weighted by molar-refractivity contribution is 7.89. The van der Waals surface area contributed by atoms with E-state index >= 15 is 0 Å². The second-order valence-electron chi connectivity index (χ2n) is 7.17. The van der Waals surface area contributed by atoms with Gasteiger partial charge in [-0.15, -0.1) is 0 Å². The number of hydrogen-bond acceptors (Lipinski definition) is 5. The van der Waals surface area contributed by atoms with E-state index in [0.29, 0.717) is 0 Å². The molecule has 0 aromatic heterocycles. The minimum atomic E-state index is -3.69. The van der Waals surface area contributed by atoms with Crippen molar-refractivity contribution < 1.29 is 17.9 Å². The minimum absolute atomic E-state index is 0.00943. The lowest BCUT2D eigenvalue weighted by Crippen LogP contribution is -2.48. The van der Waals surface area contributed by atoms with E-state index in [1.54, 1.807) is 14.0 Å². The molecule has 148 valence electrons. The Bertz CT molecular complexity index is 812. The predicted octanol–water partition coefficient (Wildman–Crippen LogP) is 2.30. The van der Waals surface area contributed by atoms with Gasteiger partial charge in [-0.05, 0) is 38.0 Å². The predicted molar refractivity (Wildman–Crippen MR) is 102 cm³/mol. The highest BCUT2D eigenvalue weighted by Gasteiger charge is 2.30. The summed E-state index contributed by atoms with van der Waals surface area (Å²) in [5.74, 6) is -0.520. The van der Waals surface area contributed by atoms with Gasteiger partial charge in [-0.1, -0.05) is 25.3 Å². The zero-order chi connectivity index (χ0) is 20.1. The van der Waals surface area contributed by atoms with Crippen molar-refractivity contribution in [2.75, 3.05) is 20.8 Å².